The van der Waals surface area contributed by atoms with Crippen LogP contribution in [0.5, 0.6) is 5.75 Å². The van der Waals surface area contributed by atoms with Gasteiger partial charge in [-0.05, 0) is 57.1 Å². The molecule has 2 N–H and O–H groups in total. The molecule has 1 saturated heterocycles. The summed E-state index contributed by atoms with van der Waals surface area (Å²) in [6, 6.07) is 9.96. The first-order valence-corrected chi connectivity index (χ1v) is 13.8. The highest BCUT2D eigenvalue weighted by Crippen LogP contribution is 2.39. The third kappa shape index (κ3) is 6.18. The molecule has 2 heterocycles. The van der Waals surface area contributed by atoms with Crippen molar-refractivity contribution in [2.45, 2.75) is 56.7 Å². The second-order valence-electron chi connectivity index (χ2n) is 11.4. The van der Waals surface area contributed by atoms with Crippen LogP contribution in [0.4, 0.5) is 23.2 Å². The Morgan fingerprint density at radius 2 is 1.74 bits per heavy atom. The van der Waals surface area contributed by atoms with Crippen LogP contribution in [0.1, 0.15) is 41.3 Å². The number of rotatable bonds is 7. The minimum Gasteiger partial charge on any atom is -0.495 e. The lowest BCUT2D eigenvalue weighted by molar-refractivity contribution is -0.0997. The van der Waals surface area contributed by atoms with E-state index in [1.165, 1.54) is 25.1 Å². The summed E-state index contributed by atoms with van der Waals surface area (Å²) in [5, 5.41) is 5.83. The van der Waals surface area contributed by atoms with E-state index in [0.29, 0.717) is 12.8 Å². The van der Waals surface area contributed by atoms with Gasteiger partial charge in [0.2, 0.25) is 5.88 Å². The Hall–Kier alpha value is -3.80. The molecule has 8 nitrogen and oxygen atoms in total. The molecule has 1 atom stereocenters. The van der Waals surface area contributed by atoms with Gasteiger partial charge in [0.1, 0.15) is 22.7 Å². The normalized spacial score (nSPS) is 20.9. The minimum atomic E-state index is -4.72. The molecule has 1 unspecified atom stereocenters. The summed E-state index contributed by atoms with van der Waals surface area (Å²) in [7, 11) is 4.79. The second-order valence-corrected chi connectivity index (χ2v) is 11.4. The zero-order valence-electron chi connectivity index (χ0n) is 24.0. The Bertz CT molecular complexity index is 1380. The lowest BCUT2D eigenvalue weighted by Gasteiger charge is -2.38. The highest BCUT2D eigenvalue weighted by Gasteiger charge is 2.44. The summed E-state index contributed by atoms with van der Waals surface area (Å²) < 4.78 is 69.0. The molecule has 1 fully saturated rings. The summed E-state index contributed by atoms with van der Waals surface area (Å²) in [6.45, 7) is 3.44. The average Bonchev–Trinajstić information content (AvgIpc) is 3.27. The number of nitrogens with one attached hydrogen (secondary N) is 2. The first-order chi connectivity index (χ1) is 19.9. The fourth-order valence-corrected chi connectivity index (χ4v) is 5.70. The maximum absolute atomic E-state index is 15.2. The Morgan fingerprint density at radius 3 is 2.33 bits per heavy atom. The molecule has 2 aliphatic heterocycles. The summed E-state index contributed by atoms with van der Waals surface area (Å²) in [6.07, 6.45) is -2.66. The predicted molar refractivity (Wildman–Crippen MR) is 151 cm³/mol. The minimum absolute atomic E-state index is 0.0651. The molecular weight excluding hydrogens is 554 g/mol. The molecule has 12 heteroatoms. The summed E-state index contributed by atoms with van der Waals surface area (Å²) >= 11 is 0. The number of carbonyl (C=O) groups excluding carboxylic acids is 1. The van der Waals surface area contributed by atoms with Gasteiger partial charge in [0.05, 0.1) is 18.4 Å². The highest BCUT2D eigenvalue weighted by molar-refractivity contribution is 5.96. The Balaban J connectivity index is 1.36. The number of benzene rings is 2. The Morgan fingerprint density at radius 1 is 1.10 bits per heavy atom. The van der Waals surface area contributed by atoms with Crippen LogP contribution in [0.25, 0.3) is 0 Å². The molecule has 2 aromatic carbocycles. The molecule has 226 valence electrons. The van der Waals surface area contributed by atoms with Crippen LogP contribution < -0.4 is 15.4 Å². The molecule has 3 aliphatic rings. The Labute approximate surface area is 242 Å². The van der Waals surface area contributed by atoms with Crippen LogP contribution in [0.2, 0.25) is 0 Å². The van der Waals surface area contributed by atoms with Gasteiger partial charge in [-0.1, -0.05) is 24.3 Å². The molecule has 0 saturated carbocycles. The van der Waals surface area contributed by atoms with Gasteiger partial charge in [0.15, 0.2) is 6.29 Å². The average molecular weight is 590 g/mol. The van der Waals surface area contributed by atoms with E-state index >= 15 is 4.39 Å². The maximum atomic E-state index is 15.2. The molecule has 2 aromatic rings. The predicted octanol–water partition coefficient (Wildman–Crippen LogP) is 4.72. The number of aliphatic imine (C=N–C) groups is 1. The summed E-state index contributed by atoms with van der Waals surface area (Å²) in [4.78, 5) is 20.3. The van der Waals surface area contributed by atoms with Gasteiger partial charge < -0.3 is 29.9 Å². The number of halogens is 4. The molecular formula is C30H35F4N5O3. The van der Waals surface area contributed by atoms with E-state index in [1.807, 2.05) is 31.3 Å². The Kier molecular flexibility index (Phi) is 8.10. The number of hydrogen-bond acceptors (Lipinski definition) is 7. The van der Waals surface area contributed by atoms with Crippen molar-refractivity contribution < 1.29 is 31.8 Å². The van der Waals surface area contributed by atoms with E-state index in [-0.39, 0.29) is 28.9 Å². The quantitative estimate of drug-likeness (QED) is 0.456. The number of fused-ring (bicyclic) bond motifs is 1. The number of methoxy groups -OCH3 is 1. The molecule has 1 amide bonds. The first kappa shape index (κ1) is 29.7. The number of piperidine rings is 1. The largest absolute Gasteiger partial charge is 0.495 e. The van der Waals surface area contributed by atoms with Gasteiger partial charge in [0, 0.05) is 38.2 Å². The lowest BCUT2D eigenvalue weighted by Crippen LogP contribution is -2.45. The monoisotopic (exact) mass is 589 g/mol. The van der Waals surface area contributed by atoms with Gasteiger partial charge in [-0.2, -0.15) is 13.2 Å². The molecule has 1 aliphatic carbocycles. The van der Waals surface area contributed by atoms with Gasteiger partial charge in [-0.3, -0.25) is 4.79 Å². The van der Waals surface area contributed by atoms with Gasteiger partial charge in [-0.15, -0.1) is 0 Å². The van der Waals surface area contributed by atoms with Crippen molar-refractivity contribution in [2.75, 3.05) is 39.6 Å². The third-order valence-electron chi connectivity index (χ3n) is 8.03. The van der Waals surface area contributed by atoms with Crippen molar-refractivity contribution >= 4 is 17.8 Å². The zero-order valence-corrected chi connectivity index (χ0v) is 24.0. The number of amides is 1. The van der Waals surface area contributed by atoms with Crippen LogP contribution in [0, 0.1) is 5.82 Å². The number of ether oxygens (including phenoxy) is 2. The highest BCUT2D eigenvalue weighted by atomic mass is 19.4. The van der Waals surface area contributed by atoms with Crippen LogP contribution in [-0.4, -0.2) is 80.3 Å². The smallest absolute Gasteiger partial charge is 0.422 e. The fraction of sp³-hybridized carbons (Fsp3) is 0.467. The van der Waals surface area contributed by atoms with Gasteiger partial charge >= 0.3 is 6.18 Å². The van der Waals surface area contributed by atoms with Crippen LogP contribution in [0.15, 0.2) is 52.8 Å². The molecule has 42 heavy (non-hydrogen) atoms. The van der Waals surface area contributed by atoms with E-state index in [2.05, 4.69) is 20.5 Å². The second kappa shape index (κ2) is 11.5. The van der Waals surface area contributed by atoms with E-state index < -0.39 is 35.4 Å². The maximum Gasteiger partial charge on any atom is 0.422 e. The molecule has 0 bridgehead atoms. The van der Waals surface area contributed by atoms with Gasteiger partial charge in [0.25, 0.3) is 5.91 Å². The van der Waals surface area contributed by atoms with Crippen molar-refractivity contribution in [3.63, 3.8) is 0 Å². The van der Waals surface area contributed by atoms with E-state index in [4.69, 9.17) is 9.47 Å². The number of nitrogens with zero attached hydrogens (tertiary/aromatic N) is 3. The molecule has 0 spiro atoms. The van der Waals surface area contributed by atoms with Gasteiger partial charge in [-0.25, -0.2) is 9.38 Å². The third-order valence-corrected chi connectivity index (χ3v) is 8.03. The zero-order chi connectivity index (χ0) is 30.2. The number of alkyl halides is 3. The van der Waals surface area contributed by atoms with Crippen molar-refractivity contribution in [1.29, 1.82) is 0 Å². The van der Waals surface area contributed by atoms with Crippen molar-refractivity contribution in [3.05, 3.63) is 70.4 Å². The van der Waals surface area contributed by atoms with Crippen LogP contribution >= 0.6 is 0 Å². The van der Waals surface area contributed by atoms with Crippen molar-refractivity contribution in [1.82, 2.24) is 15.1 Å². The lowest BCUT2D eigenvalue weighted by atomic mass is 10.0. The molecule has 0 aromatic heterocycles. The number of likely N-dealkylation sites (tertiary alicyclic amines) is 1. The first-order valence-electron chi connectivity index (χ1n) is 13.8. The van der Waals surface area contributed by atoms with Crippen LogP contribution in [0.3, 0.4) is 0 Å². The van der Waals surface area contributed by atoms with Crippen molar-refractivity contribution in [2.24, 2.45) is 4.99 Å². The summed E-state index contributed by atoms with van der Waals surface area (Å²) in [5.41, 5.74) is 0.0565. The SMILES string of the molecule is COc1cc(C(=O)NC2CCN(C)CC2)c(F)cc1NC1N=CC(C(F)(F)F)=C(OC2(C)Cc3ccccc3C2)N1C. The topological polar surface area (TPSA) is 78.4 Å². The standard InChI is InChI=1S/C30H35F4N5O3/c1-29(15-18-7-5-6-8-19(18)16-29)42-27-22(30(32,33)34)17-35-28(39(27)3)37-24-14-23(31)21(13-25(24)41-4)26(40)36-20-9-11-38(2)12-10-20/h5-8,13-14,17,20,28,37H,9-12,15-16H2,1-4H3,(H,36,40). The van der Waals surface area contributed by atoms with Crippen molar-refractivity contribution in [3.8, 4) is 5.75 Å². The number of anilines is 1. The molecule has 0 radical (unpaired) electrons. The van der Waals surface area contributed by atoms with E-state index in [0.717, 1.165) is 49.3 Å². The number of allylic oxidation sites excluding steroid dienone is 1. The number of hydrogen-bond donors (Lipinski definition) is 2. The number of carbonyl (C=O) groups is 1. The summed E-state index contributed by atoms with van der Waals surface area (Å²) in [5.74, 6) is -1.61. The van der Waals surface area contributed by atoms with E-state index in [1.54, 1.807) is 6.92 Å². The fourth-order valence-electron chi connectivity index (χ4n) is 5.70. The van der Waals surface area contributed by atoms with Crippen LogP contribution in [-0.2, 0) is 17.6 Å². The van der Waals surface area contributed by atoms with E-state index in [9.17, 15) is 18.0 Å². The molecule has 5 rings (SSSR count).